The Kier molecular flexibility index (Phi) is 6.39. The van der Waals surface area contributed by atoms with Gasteiger partial charge in [0, 0.05) is 31.8 Å². The van der Waals surface area contributed by atoms with E-state index in [1.54, 1.807) is 0 Å². The molecule has 10 rings (SSSR count). The number of benzene rings is 8. The van der Waals surface area contributed by atoms with Crippen molar-refractivity contribution < 1.29 is 4.42 Å². The number of fused-ring (bicyclic) bond motifs is 7. The van der Waals surface area contributed by atoms with E-state index >= 15 is 0 Å². The Balaban J connectivity index is 1.32. The molecule has 0 aliphatic heterocycles. The molecule has 0 fully saturated rings. The molecular weight excluding hydrogens is 615 g/mol. The van der Waals surface area contributed by atoms with Crippen molar-refractivity contribution in [3.8, 4) is 22.3 Å². The van der Waals surface area contributed by atoms with Crippen molar-refractivity contribution in [1.82, 2.24) is 0 Å². The smallest absolute Gasteiger partial charge is 0.159 e. The second kappa shape index (κ2) is 11.2. The molecule has 0 atom stereocenters. The van der Waals surface area contributed by atoms with Crippen LogP contribution in [0, 0.1) is 0 Å². The summed E-state index contributed by atoms with van der Waals surface area (Å²) in [6, 6.07) is 63.3. The summed E-state index contributed by atoms with van der Waals surface area (Å²) in [7, 11) is 0. The van der Waals surface area contributed by atoms with E-state index in [0.29, 0.717) is 0 Å². The molecule has 49 heavy (non-hydrogen) atoms. The van der Waals surface area contributed by atoms with Crippen LogP contribution in [0.3, 0.4) is 0 Å². The zero-order valence-corrected chi connectivity index (χ0v) is 27.3. The average molecular weight is 644 g/mol. The summed E-state index contributed by atoms with van der Waals surface area (Å²) in [5.41, 5.74) is 9.63. The Morgan fingerprint density at radius 2 is 1.08 bits per heavy atom. The Morgan fingerprint density at radius 3 is 1.98 bits per heavy atom. The molecule has 0 saturated carbocycles. The lowest BCUT2D eigenvalue weighted by molar-refractivity contribution is 0.669. The van der Waals surface area contributed by atoms with E-state index in [1.807, 2.05) is 17.4 Å². The predicted octanol–water partition coefficient (Wildman–Crippen LogP) is 13.9. The van der Waals surface area contributed by atoms with Crippen LogP contribution >= 0.6 is 11.3 Å². The first-order valence-corrected chi connectivity index (χ1v) is 17.4. The van der Waals surface area contributed by atoms with Crippen molar-refractivity contribution in [3.63, 3.8) is 0 Å². The van der Waals surface area contributed by atoms with E-state index < -0.39 is 0 Å². The second-order valence-electron chi connectivity index (χ2n) is 12.5. The molecule has 3 heteroatoms. The van der Waals surface area contributed by atoms with Crippen LogP contribution in [0.4, 0.5) is 17.1 Å². The molecule has 230 valence electrons. The third-order valence-electron chi connectivity index (χ3n) is 9.66. The fraction of sp³-hybridized carbons (Fsp3) is 0. The molecule has 8 aromatic carbocycles. The Morgan fingerprint density at radius 1 is 0.408 bits per heavy atom. The van der Waals surface area contributed by atoms with Gasteiger partial charge in [0.05, 0.1) is 21.8 Å². The SMILES string of the molecule is c1ccc(-c2ccc(-c3ccc4ccccc4c3)cc2N(c2cccc3c2oc2ccccc23)c2cccc3c2sc2ccccc23)cc1. The summed E-state index contributed by atoms with van der Waals surface area (Å²) >= 11 is 1.85. The van der Waals surface area contributed by atoms with E-state index in [9.17, 15) is 0 Å². The van der Waals surface area contributed by atoms with Crippen LogP contribution in [-0.2, 0) is 0 Å². The van der Waals surface area contributed by atoms with E-state index in [1.165, 1.54) is 36.5 Å². The molecule has 10 aromatic rings. The molecule has 0 aliphatic carbocycles. The van der Waals surface area contributed by atoms with E-state index in [0.717, 1.165) is 55.7 Å². The second-order valence-corrected chi connectivity index (χ2v) is 13.6. The van der Waals surface area contributed by atoms with Crippen molar-refractivity contribution in [2.75, 3.05) is 4.90 Å². The van der Waals surface area contributed by atoms with Gasteiger partial charge in [0.1, 0.15) is 5.58 Å². The fourth-order valence-electron chi connectivity index (χ4n) is 7.33. The van der Waals surface area contributed by atoms with Crippen molar-refractivity contribution in [2.45, 2.75) is 0 Å². The number of hydrogen-bond donors (Lipinski definition) is 0. The molecule has 0 spiro atoms. The monoisotopic (exact) mass is 643 g/mol. The van der Waals surface area contributed by atoms with Crippen LogP contribution in [0.5, 0.6) is 0 Å². The van der Waals surface area contributed by atoms with Crippen molar-refractivity contribution in [2.24, 2.45) is 0 Å². The summed E-state index contributed by atoms with van der Waals surface area (Å²) < 4.78 is 9.27. The van der Waals surface area contributed by atoms with E-state index in [2.05, 4.69) is 175 Å². The Hall–Kier alpha value is -6.16. The van der Waals surface area contributed by atoms with Gasteiger partial charge in [-0.3, -0.25) is 0 Å². The predicted molar refractivity (Wildman–Crippen MR) is 210 cm³/mol. The van der Waals surface area contributed by atoms with Gasteiger partial charge in [-0.15, -0.1) is 11.3 Å². The number of anilines is 3. The molecule has 0 saturated heterocycles. The fourth-order valence-corrected chi connectivity index (χ4v) is 8.54. The topological polar surface area (TPSA) is 16.4 Å². The van der Waals surface area contributed by atoms with Crippen LogP contribution < -0.4 is 4.90 Å². The number of rotatable bonds is 5. The van der Waals surface area contributed by atoms with Gasteiger partial charge in [0.15, 0.2) is 5.58 Å². The van der Waals surface area contributed by atoms with Gasteiger partial charge < -0.3 is 9.32 Å². The Labute approximate surface area is 287 Å². The molecule has 0 radical (unpaired) electrons. The molecule has 0 bridgehead atoms. The highest BCUT2D eigenvalue weighted by atomic mass is 32.1. The van der Waals surface area contributed by atoms with Gasteiger partial charge in [-0.05, 0) is 63.9 Å². The van der Waals surface area contributed by atoms with Crippen LogP contribution in [0.15, 0.2) is 180 Å². The third kappa shape index (κ3) is 4.55. The highest BCUT2D eigenvalue weighted by Crippen LogP contribution is 2.50. The normalized spacial score (nSPS) is 11.7. The largest absolute Gasteiger partial charge is 0.454 e. The van der Waals surface area contributed by atoms with Gasteiger partial charge in [-0.25, -0.2) is 0 Å². The first-order valence-electron chi connectivity index (χ1n) is 16.6. The summed E-state index contributed by atoms with van der Waals surface area (Å²) in [6.45, 7) is 0. The average Bonchev–Trinajstić information content (AvgIpc) is 3.75. The minimum atomic E-state index is 0.872. The van der Waals surface area contributed by atoms with Crippen molar-refractivity contribution in [1.29, 1.82) is 0 Å². The van der Waals surface area contributed by atoms with Gasteiger partial charge >= 0.3 is 0 Å². The maximum absolute atomic E-state index is 6.75. The lowest BCUT2D eigenvalue weighted by Gasteiger charge is -2.29. The first-order chi connectivity index (χ1) is 24.3. The van der Waals surface area contributed by atoms with Crippen molar-refractivity contribution in [3.05, 3.63) is 176 Å². The van der Waals surface area contributed by atoms with Gasteiger partial charge in [0.2, 0.25) is 0 Å². The van der Waals surface area contributed by atoms with Crippen LogP contribution in [0.25, 0.3) is 75.1 Å². The number of thiophene rings is 1. The van der Waals surface area contributed by atoms with Gasteiger partial charge in [-0.1, -0.05) is 140 Å². The number of hydrogen-bond acceptors (Lipinski definition) is 3. The highest BCUT2D eigenvalue weighted by Gasteiger charge is 2.25. The highest BCUT2D eigenvalue weighted by molar-refractivity contribution is 7.26. The van der Waals surface area contributed by atoms with E-state index in [-0.39, 0.29) is 0 Å². The number of furan rings is 1. The molecule has 2 aromatic heterocycles. The minimum Gasteiger partial charge on any atom is -0.454 e. The third-order valence-corrected chi connectivity index (χ3v) is 10.9. The van der Waals surface area contributed by atoms with Gasteiger partial charge in [-0.2, -0.15) is 0 Å². The lowest BCUT2D eigenvalue weighted by Crippen LogP contribution is -2.12. The molecule has 0 N–H and O–H groups in total. The molecule has 0 unspecified atom stereocenters. The number of nitrogens with zero attached hydrogens (tertiary/aromatic N) is 1. The zero-order valence-electron chi connectivity index (χ0n) is 26.5. The molecule has 2 nitrogen and oxygen atoms in total. The van der Waals surface area contributed by atoms with Gasteiger partial charge in [0.25, 0.3) is 0 Å². The minimum absolute atomic E-state index is 0.872. The van der Waals surface area contributed by atoms with Crippen LogP contribution in [0.2, 0.25) is 0 Å². The van der Waals surface area contributed by atoms with Crippen LogP contribution in [0.1, 0.15) is 0 Å². The molecule has 2 heterocycles. The molecular formula is C46H29NOS. The van der Waals surface area contributed by atoms with E-state index in [4.69, 9.17) is 4.42 Å². The summed E-state index contributed by atoms with van der Waals surface area (Å²) in [5.74, 6) is 0. The standard InChI is InChI=1S/C46H29NOS/c1-2-13-31(14-3-1)35-27-26-34(33-25-24-30-12-4-5-15-32(30)28-33)29-42(35)47(40-20-10-18-38-36-16-6-8-22-43(36)48-45(38)40)41-21-11-19-39-37-17-7-9-23-44(37)49-46(39)41/h1-29H. The quantitative estimate of drug-likeness (QED) is 0.186. The maximum atomic E-state index is 6.75. The van der Waals surface area contributed by atoms with Crippen molar-refractivity contribution >= 4 is 81.3 Å². The molecule has 0 amide bonds. The zero-order chi connectivity index (χ0) is 32.3. The maximum Gasteiger partial charge on any atom is 0.159 e. The lowest BCUT2D eigenvalue weighted by atomic mass is 9.95. The first kappa shape index (κ1) is 27.9. The number of para-hydroxylation sites is 2. The summed E-state index contributed by atoms with van der Waals surface area (Å²) in [5, 5.41) is 7.22. The summed E-state index contributed by atoms with van der Waals surface area (Å²) in [4.78, 5) is 2.44. The Bertz CT molecular complexity index is 2730. The van der Waals surface area contributed by atoms with Crippen LogP contribution in [-0.4, -0.2) is 0 Å². The molecule has 0 aliphatic rings. The summed E-state index contributed by atoms with van der Waals surface area (Å²) in [6.07, 6.45) is 0.